The fraction of sp³-hybridized carbons (Fsp3) is 0.435. The predicted molar refractivity (Wildman–Crippen MR) is 108 cm³/mol. The number of aromatic hydroxyl groups is 1. The molecule has 27 heavy (non-hydrogen) atoms. The molecule has 4 heteroatoms. The molecule has 4 nitrogen and oxygen atoms in total. The van der Waals surface area contributed by atoms with E-state index in [0.29, 0.717) is 12.2 Å². The summed E-state index contributed by atoms with van der Waals surface area (Å²) < 4.78 is 12.0. The number of rotatable bonds is 3. The van der Waals surface area contributed by atoms with Crippen molar-refractivity contribution in [1.82, 2.24) is 0 Å². The second kappa shape index (κ2) is 7.45. The molecule has 0 unspecified atom stereocenters. The highest BCUT2D eigenvalue weighted by Gasteiger charge is 2.37. The summed E-state index contributed by atoms with van der Waals surface area (Å²) in [5, 5.41) is 10.7. The summed E-state index contributed by atoms with van der Waals surface area (Å²) in [6.07, 6.45) is 1.54. The van der Waals surface area contributed by atoms with Gasteiger partial charge in [-0.05, 0) is 36.5 Å². The van der Waals surface area contributed by atoms with Crippen molar-refractivity contribution >= 4 is 6.21 Å². The van der Waals surface area contributed by atoms with Crippen LogP contribution in [-0.2, 0) is 14.9 Å². The number of aliphatic imine (C=N–C) groups is 1. The summed E-state index contributed by atoms with van der Waals surface area (Å²) >= 11 is 0. The van der Waals surface area contributed by atoms with Crippen LogP contribution < -0.4 is 0 Å². The zero-order valence-electron chi connectivity index (χ0n) is 16.8. The first-order valence-corrected chi connectivity index (χ1v) is 9.40. The van der Waals surface area contributed by atoms with Gasteiger partial charge in [-0.3, -0.25) is 4.99 Å². The first kappa shape index (κ1) is 19.6. The van der Waals surface area contributed by atoms with Gasteiger partial charge in [0.1, 0.15) is 17.9 Å². The molecule has 0 bridgehead atoms. The van der Waals surface area contributed by atoms with E-state index in [0.717, 1.165) is 11.1 Å². The molecule has 0 spiro atoms. The SMILES string of the molecule is CC1(C)OC[C@H](N=Cc2cccc(C(C)(C)C)c2O)[C@H](c2ccccc2)O1. The van der Waals surface area contributed by atoms with Gasteiger partial charge in [-0.15, -0.1) is 0 Å². The van der Waals surface area contributed by atoms with Gasteiger partial charge in [-0.25, -0.2) is 0 Å². The first-order valence-electron chi connectivity index (χ1n) is 9.40. The van der Waals surface area contributed by atoms with Gasteiger partial charge in [-0.2, -0.15) is 0 Å². The van der Waals surface area contributed by atoms with Gasteiger partial charge in [0.15, 0.2) is 5.79 Å². The van der Waals surface area contributed by atoms with E-state index in [2.05, 4.69) is 20.8 Å². The lowest BCUT2D eigenvalue weighted by Gasteiger charge is -2.39. The van der Waals surface area contributed by atoms with Crippen molar-refractivity contribution in [3.05, 3.63) is 65.2 Å². The highest BCUT2D eigenvalue weighted by molar-refractivity contribution is 5.84. The van der Waals surface area contributed by atoms with E-state index in [4.69, 9.17) is 14.5 Å². The Hall–Kier alpha value is -2.17. The van der Waals surface area contributed by atoms with E-state index in [9.17, 15) is 5.11 Å². The molecule has 0 amide bonds. The fourth-order valence-electron chi connectivity index (χ4n) is 3.29. The maximum absolute atomic E-state index is 10.7. The fourth-order valence-corrected chi connectivity index (χ4v) is 3.29. The number of phenols is 1. The van der Waals surface area contributed by atoms with Crippen LogP contribution in [0.15, 0.2) is 53.5 Å². The Morgan fingerprint density at radius 2 is 1.78 bits per heavy atom. The van der Waals surface area contributed by atoms with E-state index in [1.807, 2.05) is 62.4 Å². The molecule has 1 heterocycles. The van der Waals surface area contributed by atoms with Gasteiger partial charge in [0.05, 0.1) is 6.61 Å². The quantitative estimate of drug-likeness (QED) is 0.777. The number of para-hydroxylation sites is 1. The molecule has 3 rings (SSSR count). The number of hydrogen-bond donors (Lipinski definition) is 1. The van der Waals surface area contributed by atoms with Crippen molar-refractivity contribution in [2.45, 2.75) is 58.0 Å². The highest BCUT2D eigenvalue weighted by Crippen LogP contribution is 2.35. The van der Waals surface area contributed by atoms with Crippen LogP contribution in [0.4, 0.5) is 0 Å². The molecule has 1 aliphatic rings. The Morgan fingerprint density at radius 3 is 2.44 bits per heavy atom. The lowest BCUT2D eigenvalue weighted by molar-refractivity contribution is -0.281. The van der Waals surface area contributed by atoms with Crippen LogP contribution in [0.2, 0.25) is 0 Å². The van der Waals surface area contributed by atoms with Gasteiger partial charge in [0.2, 0.25) is 0 Å². The van der Waals surface area contributed by atoms with E-state index >= 15 is 0 Å². The lowest BCUT2D eigenvalue weighted by Crippen LogP contribution is -2.43. The van der Waals surface area contributed by atoms with Crippen molar-refractivity contribution in [3.8, 4) is 5.75 Å². The van der Waals surface area contributed by atoms with Crippen molar-refractivity contribution in [2.75, 3.05) is 6.61 Å². The minimum atomic E-state index is -0.652. The molecular formula is C23H29NO3. The number of nitrogens with zero attached hydrogens (tertiary/aromatic N) is 1. The van der Waals surface area contributed by atoms with Crippen LogP contribution in [-0.4, -0.2) is 29.8 Å². The molecular weight excluding hydrogens is 338 g/mol. The van der Waals surface area contributed by atoms with Crippen LogP contribution in [0.5, 0.6) is 5.75 Å². The molecule has 0 saturated carbocycles. The second-order valence-electron chi connectivity index (χ2n) is 8.50. The Bertz CT molecular complexity index is 806. The summed E-state index contributed by atoms with van der Waals surface area (Å²) in [7, 11) is 0. The minimum absolute atomic E-state index is 0.137. The summed E-state index contributed by atoms with van der Waals surface area (Å²) in [5.74, 6) is -0.371. The zero-order chi connectivity index (χ0) is 19.7. The molecule has 1 fully saturated rings. The van der Waals surface area contributed by atoms with Crippen LogP contribution in [0.3, 0.4) is 0 Å². The van der Waals surface area contributed by atoms with Crippen molar-refractivity contribution in [2.24, 2.45) is 4.99 Å². The number of phenolic OH excluding ortho intramolecular Hbond substituents is 1. The standard InChI is InChI=1S/C23H29NO3/c1-22(2,3)18-13-9-12-17(20(18)25)14-24-19-15-26-23(4,5)27-21(19)16-10-7-6-8-11-16/h6-14,19,21,25H,15H2,1-5H3/t19-,21-/m0/s1. The molecule has 144 valence electrons. The average molecular weight is 367 g/mol. The molecule has 1 saturated heterocycles. The monoisotopic (exact) mass is 367 g/mol. The smallest absolute Gasteiger partial charge is 0.163 e. The van der Waals surface area contributed by atoms with Crippen molar-refractivity contribution < 1.29 is 14.6 Å². The van der Waals surface area contributed by atoms with Gasteiger partial charge in [0.25, 0.3) is 0 Å². The summed E-state index contributed by atoms with van der Waals surface area (Å²) in [6, 6.07) is 15.7. The Kier molecular flexibility index (Phi) is 5.41. The molecule has 1 aliphatic heterocycles. The van der Waals surface area contributed by atoms with E-state index in [-0.39, 0.29) is 23.3 Å². The third kappa shape index (κ3) is 4.57. The van der Waals surface area contributed by atoms with Gasteiger partial charge >= 0.3 is 0 Å². The predicted octanol–water partition coefficient (Wildman–Crippen LogP) is 5.00. The third-order valence-electron chi connectivity index (χ3n) is 4.77. The Balaban J connectivity index is 1.89. The van der Waals surface area contributed by atoms with Gasteiger partial charge in [-0.1, -0.05) is 63.2 Å². The van der Waals surface area contributed by atoms with E-state index < -0.39 is 5.79 Å². The van der Waals surface area contributed by atoms with E-state index in [1.54, 1.807) is 6.21 Å². The van der Waals surface area contributed by atoms with Crippen LogP contribution in [0.25, 0.3) is 0 Å². The topological polar surface area (TPSA) is 51.0 Å². The third-order valence-corrected chi connectivity index (χ3v) is 4.77. The first-order chi connectivity index (χ1) is 12.7. The van der Waals surface area contributed by atoms with Gasteiger partial charge in [0, 0.05) is 11.8 Å². The molecule has 2 atom stereocenters. The van der Waals surface area contributed by atoms with Crippen molar-refractivity contribution in [3.63, 3.8) is 0 Å². The maximum Gasteiger partial charge on any atom is 0.163 e. The molecule has 0 aliphatic carbocycles. The molecule has 0 radical (unpaired) electrons. The molecule has 2 aromatic carbocycles. The molecule has 0 aromatic heterocycles. The molecule has 1 N–H and O–H groups in total. The van der Waals surface area contributed by atoms with E-state index in [1.165, 1.54) is 0 Å². The summed E-state index contributed by atoms with van der Waals surface area (Å²) in [6.45, 7) is 10.5. The minimum Gasteiger partial charge on any atom is -0.507 e. The van der Waals surface area contributed by atoms with Crippen LogP contribution in [0.1, 0.15) is 57.4 Å². The summed E-state index contributed by atoms with van der Waals surface area (Å²) in [4.78, 5) is 4.73. The number of hydrogen-bond acceptors (Lipinski definition) is 4. The zero-order valence-corrected chi connectivity index (χ0v) is 16.8. The number of benzene rings is 2. The largest absolute Gasteiger partial charge is 0.507 e. The second-order valence-corrected chi connectivity index (χ2v) is 8.50. The average Bonchev–Trinajstić information content (AvgIpc) is 2.61. The lowest BCUT2D eigenvalue weighted by atomic mass is 9.85. The highest BCUT2D eigenvalue weighted by atomic mass is 16.7. The Morgan fingerprint density at radius 1 is 1.07 bits per heavy atom. The molecule has 2 aromatic rings. The Labute approximate surface area is 161 Å². The van der Waals surface area contributed by atoms with Crippen LogP contribution >= 0.6 is 0 Å². The van der Waals surface area contributed by atoms with Crippen LogP contribution in [0, 0.1) is 0 Å². The number of ether oxygens (including phenoxy) is 2. The summed E-state index contributed by atoms with van der Waals surface area (Å²) in [5.41, 5.74) is 2.55. The van der Waals surface area contributed by atoms with Gasteiger partial charge < -0.3 is 14.6 Å². The maximum atomic E-state index is 10.7. The van der Waals surface area contributed by atoms with Crippen molar-refractivity contribution in [1.29, 1.82) is 0 Å². The normalized spacial score (nSPS) is 22.9.